The van der Waals surface area contributed by atoms with Crippen LogP contribution in [0.25, 0.3) is 5.69 Å². The average molecular weight is 465 g/mol. The first-order valence-electron chi connectivity index (χ1n) is 9.06. The standard InChI is InChI=1S/C20H14F3N3O3S2/c21-20(22,23)13-2-1-3-15(10-13)25-18(27)17-16(8-9-30-17)24-19(25)31-11-12-4-6-14(7-5-12)26(28)29/h1-7,10H,8-9,11H2. The number of nitro benzene ring substituents is 1. The Hall–Kier alpha value is -2.79. The fourth-order valence-electron chi connectivity index (χ4n) is 3.10. The van der Waals surface area contributed by atoms with Crippen molar-refractivity contribution in [2.24, 2.45) is 0 Å². The molecule has 6 nitrogen and oxygen atoms in total. The molecule has 0 bridgehead atoms. The minimum absolute atomic E-state index is 0.0395. The Morgan fingerprint density at radius 2 is 1.94 bits per heavy atom. The second-order valence-corrected chi connectivity index (χ2v) is 8.72. The number of fused-ring (bicyclic) bond motifs is 1. The van der Waals surface area contributed by atoms with Crippen molar-refractivity contribution < 1.29 is 18.1 Å². The van der Waals surface area contributed by atoms with E-state index in [9.17, 15) is 28.1 Å². The van der Waals surface area contributed by atoms with Gasteiger partial charge in [0, 0.05) is 30.1 Å². The van der Waals surface area contributed by atoms with Gasteiger partial charge in [-0.1, -0.05) is 30.0 Å². The van der Waals surface area contributed by atoms with E-state index in [0.717, 1.165) is 17.7 Å². The topological polar surface area (TPSA) is 78.0 Å². The Kier molecular flexibility index (Phi) is 5.80. The highest BCUT2D eigenvalue weighted by Crippen LogP contribution is 2.33. The van der Waals surface area contributed by atoms with Crippen LogP contribution in [0.5, 0.6) is 0 Å². The monoisotopic (exact) mass is 465 g/mol. The summed E-state index contributed by atoms with van der Waals surface area (Å²) in [5.41, 5.74) is 0.213. The Balaban J connectivity index is 1.73. The van der Waals surface area contributed by atoms with Gasteiger partial charge in [0.15, 0.2) is 5.16 Å². The molecule has 0 atom stereocenters. The normalized spacial score (nSPS) is 13.3. The van der Waals surface area contributed by atoms with E-state index in [1.165, 1.54) is 52.4 Å². The van der Waals surface area contributed by atoms with Crippen LogP contribution < -0.4 is 5.56 Å². The van der Waals surface area contributed by atoms with E-state index in [0.29, 0.717) is 28.5 Å². The van der Waals surface area contributed by atoms with Crippen LogP contribution in [-0.4, -0.2) is 20.2 Å². The van der Waals surface area contributed by atoms with Crippen LogP contribution in [-0.2, 0) is 18.3 Å². The summed E-state index contributed by atoms with van der Waals surface area (Å²) >= 11 is 2.54. The van der Waals surface area contributed by atoms with Crippen molar-refractivity contribution in [3.63, 3.8) is 0 Å². The third-order valence-corrected chi connectivity index (χ3v) is 6.73. The second-order valence-electron chi connectivity index (χ2n) is 6.67. The molecule has 0 N–H and O–H groups in total. The number of nitrogens with zero attached hydrogens (tertiary/aromatic N) is 3. The number of hydrogen-bond acceptors (Lipinski definition) is 6. The SMILES string of the molecule is O=c1c2c(nc(SCc3ccc([N+](=O)[O-])cc3)n1-c1cccc(C(F)(F)F)c1)CCS2. The number of thioether (sulfide) groups is 2. The number of halogens is 3. The van der Waals surface area contributed by atoms with E-state index in [1.54, 1.807) is 12.1 Å². The van der Waals surface area contributed by atoms with Crippen LogP contribution in [0.2, 0.25) is 0 Å². The van der Waals surface area contributed by atoms with Gasteiger partial charge in [-0.25, -0.2) is 4.98 Å². The summed E-state index contributed by atoms with van der Waals surface area (Å²) in [5, 5.41) is 11.1. The fraction of sp³-hybridized carbons (Fsp3) is 0.200. The highest BCUT2D eigenvalue weighted by Gasteiger charge is 2.31. The molecule has 1 aliphatic heterocycles. The van der Waals surface area contributed by atoms with Gasteiger partial charge in [0.1, 0.15) is 0 Å². The van der Waals surface area contributed by atoms with Gasteiger partial charge in [-0.2, -0.15) is 13.2 Å². The molecule has 0 saturated carbocycles. The van der Waals surface area contributed by atoms with E-state index in [4.69, 9.17) is 0 Å². The lowest BCUT2D eigenvalue weighted by atomic mass is 10.2. The third kappa shape index (κ3) is 4.47. The maximum absolute atomic E-state index is 13.2. The predicted molar refractivity (Wildman–Crippen MR) is 112 cm³/mol. The molecule has 2 heterocycles. The molecule has 1 aliphatic rings. The van der Waals surface area contributed by atoms with Crippen molar-refractivity contribution >= 4 is 29.2 Å². The molecule has 160 valence electrons. The molecule has 0 aliphatic carbocycles. The van der Waals surface area contributed by atoms with Gasteiger partial charge in [-0.3, -0.25) is 19.5 Å². The van der Waals surface area contributed by atoms with Crippen LogP contribution in [0.15, 0.2) is 63.4 Å². The Morgan fingerprint density at radius 1 is 1.19 bits per heavy atom. The van der Waals surface area contributed by atoms with Crippen LogP contribution in [0.3, 0.4) is 0 Å². The average Bonchev–Trinajstić information content (AvgIpc) is 3.21. The van der Waals surface area contributed by atoms with E-state index >= 15 is 0 Å². The van der Waals surface area contributed by atoms with Gasteiger partial charge in [-0.05, 0) is 23.8 Å². The lowest BCUT2D eigenvalue weighted by molar-refractivity contribution is -0.384. The summed E-state index contributed by atoms with van der Waals surface area (Å²) < 4.78 is 40.8. The Labute approximate surface area is 182 Å². The van der Waals surface area contributed by atoms with Crippen molar-refractivity contribution in [1.29, 1.82) is 0 Å². The van der Waals surface area contributed by atoms with Gasteiger partial charge in [0.2, 0.25) is 0 Å². The molecule has 0 saturated heterocycles. The molecule has 0 spiro atoms. The summed E-state index contributed by atoms with van der Waals surface area (Å²) in [7, 11) is 0. The zero-order valence-electron chi connectivity index (χ0n) is 15.8. The van der Waals surface area contributed by atoms with Crippen LogP contribution >= 0.6 is 23.5 Å². The summed E-state index contributed by atoms with van der Waals surface area (Å²) in [6, 6.07) is 10.5. The number of alkyl halides is 3. The molecular weight excluding hydrogens is 451 g/mol. The number of hydrogen-bond donors (Lipinski definition) is 0. The largest absolute Gasteiger partial charge is 0.416 e. The maximum atomic E-state index is 13.2. The fourth-order valence-corrected chi connectivity index (χ4v) is 5.11. The number of non-ortho nitro benzene ring substituents is 1. The number of nitro groups is 1. The zero-order valence-corrected chi connectivity index (χ0v) is 17.4. The third-order valence-electron chi connectivity index (χ3n) is 4.61. The number of aryl methyl sites for hydroxylation is 1. The molecule has 2 aromatic carbocycles. The number of rotatable bonds is 5. The molecule has 0 unspecified atom stereocenters. The molecule has 4 rings (SSSR count). The van der Waals surface area contributed by atoms with Crippen LogP contribution in [0.1, 0.15) is 16.8 Å². The first kappa shape index (κ1) is 21.4. The second kappa shape index (κ2) is 8.39. The zero-order chi connectivity index (χ0) is 22.2. The molecule has 0 radical (unpaired) electrons. The van der Waals surface area contributed by atoms with Crippen LogP contribution in [0.4, 0.5) is 18.9 Å². The molecule has 1 aromatic heterocycles. The number of benzene rings is 2. The number of aromatic nitrogens is 2. The van der Waals surface area contributed by atoms with E-state index in [1.807, 2.05) is 0 Å². The van der Waals surface area contributed by atoms with E-state index in [2.05, 4.69) is 4.98 Å². The van der Waals surface area contributed by atoms with Crippen LogP contribution in [0, 0.1) is 10.1 Å². The molecular formula is C20H14F3N3O3S2. The van der Waals surface area contributed by atoms with Gasteiger partial charge in [0.25, 0.3) is 11.2 Å². The summed E-state index contributed by atoms with van der Waals surface area (Å²) in [5.74, 6) is 1.03. The maximum Gasteiger partial charge on any atom is 0.416 e. The lowest BCUT2D eigenvalue weighted by Crippen LogP contribution is -2.24. The lowest BCUT2D eigenvalue weighted by Gasteiger charge is -2.15. The quantitative estimate of drug-likeness (QED) is 0.226. The Morgan fingerprint density at radius 3 is 2.61 bits per heavy atom. The minimum Gasteiger partial charge on any atom is -0.268 e. The van der Waals surface area contributed by atoms with E-state index < -0.39 is 22.2 Å². The van der Waals surface area contributed by atoms with Crippen molar-refractivity contribution in [3.8, 4) is 5.69 Å². The molecule has 0 amide bonds. The summed E-state index contributed by atoms with van der Waals surface area (Å²) in [6.07, 6.45) is -3.92. The summed E-state index contributed by atoms with van der Waals surface area (Å²) in [6.45, 7) is 0. The van der Waals surface area contributed by atoms with Gasteiger partial charge < -0.3 is 0 Å². The first-order valence-corrected chi connectivity index (χ1v) is 11.0. The summed E-state index contributed by atoms with van der Waals surface area (Å²) in [4.78, 5) is 28.4. The highest BCUT2D eigenvalue weighted by molar-refractivity contribution is 7.99. The molecule has 11 heteroatoms. The van der Waals surface area contributed by atoms with Crippen molar-refractivity contribution in [2.45, 2.75) is 28.4 Å². The van der Waals surface area contributed by atoms with Gasteiger partial charge in [0.05, 0.1) is 26.8 Å². The van der Waals surface area contributed by atoms with Crippen molar-refractivity contribution in [1.82, 2.24) is 9.55 Å². The first-order chi connectivity index (χ1) is 14.7. The van der Waals surface area contributed by atoms with Gasteiger partial charge in [-0.15, -0.1) is 11.8 Å². The van der Waals surface area contributed by atoms with Crippen molar-refractivity contribution in [3.05, 3.63) is 85.8 Å². The molecule has 31 heavy (non-hydrogen) atoms. The smallest absolute Gasteiger partial charge is 0.268 e. The van der Waals surface area contributed by atoms with E-state index in [-0.39, 0.29) is 16.5 Å². The Bertz CT molecular complexity index is 1210. The predicted octanol–water partition coefficient (Wildman–Crippen LogP) is 5.10. The van der Waals surface area contributed by atoms with Gasteiger partial charge >= 0.3 is 6.18 Å². The minimum atomic E-state index is -4.54. The van der Waals surface area contributed by atoms with Crippen molar-refractivity contribution in [2.75, 3.05) is 5.75 Å². The molecule has 0 fully saturated rings. The molecule has 3 aromatic rings. The highest BCUT2D eigenvalue weighted by atomic mass is 32.2.